The molecule has 8 nitrogen and oxygen atoms in total. The summed E-state index contributed by atoms with van der Waals surface area (Å²) in [5.41, 5.74) is 0.113. The molecule has 8 heteroatoms. The zero-order valence-corrected chi connectivity index (χ0v) is 10.4. The van der Waals surface area contributed by atoms with E-state index in [1.807, 2.05) is 0 Å². The molecular formula is C12H12N4O4. The standard InChI is InChI=1S/C12H12N4O4/c17-10-5-8(1-2-9(10)12(19)20)15-11(18)3-4-16-7-13-6-14-16/h1-2,5-7,17H,3-4H2,(H,15,18)(H,19,20). The minimum absolute atomic E-state index is 0.185. The van der Waals surface area contributed by atoms with Crippen LogP contribution in [0.25, 0.3) is 0 Å². The van der Waals surface area contributed by atoms with E-state index in [1.165, 1.54) is 35.5 Å². The summed E-state index contributed by atoms with van der Waals surface area (Å²) < 4.78 is 1.52. The molecule has 1 aromatic carbocycles. The molecule has 0 aliphatic rings. The van der Waals surface area contributed by atoms with Crippen molar-refractivity contribution < 1.29 is 19.8 Å². The fraction of sp³-hybridized carbons (Fsp3) is 0.167. The summed E-state index contributed by atoms with van der Waals surface area (Å²) in [5, 5.41) is 24.7. The molecule has 1 heterocycles. The van der Waals surface area contributed by atoms with Crippen LogP contribution in [0.3, 0.4) is 0 Å². The third-order valence-electron chi connectivity index (χ3n) is 2.55. The molecule has 0 fully saturated rings. The number of benzene rings is 1. The Morgan fingerprint density at radius 2 is 2.15 bits per heavy atom. The van der Waals surface area contributed by atoms with E-state index in [-0.39, 0.29) is 17.9 Å². The van der Waals surface area contributed by atoms with Gasteiger partial charge in [0.15, 0.2) is 0 Å². The van der Waals surface area contributed by atoms with Gasteiger partial charge in [-0.05, 0) is 12.1 Å². The average Bonchev–Trinajstić information content (AvgIpc) is 2.89. The number of rotatable bonds is 5. The molecule has 1 amide bonds. The van der Waals surface area contributed by atoms with E-state index in [1.54, 1.807) is 0 Å². The number of amides is 1. The zero-order chi connectivity index (χ0) is 14.5. The smallest absolute Gasteiger partial charge is 0.339 e. The zero-order valence-electron chi connectivity index (χ0n) is 10.4. The van der Waals surface area contributed by atoms with Crippen molar-refractivity contribution in [2.24, 2.45) is 0 Å². The van der Waals surface area contributed by atoms with Gasteiger partial charge in [-0.1, -0.05) is 0 Å². The topological polar surface area (TPSA) is 117 Å². The lowest BCUT2D eigenvalue weighted by atomic mass is 10.2. The Labute approximate surface area is 113 Å². The van der Waals surface area contributed by atoms with E-state index in [0.29, 0.717) is 12.2 Å². The second-order valence-electron chi connectivity index (χ2n) is 3.99. The van der Waals surface area contributed by atoms with Gasteiger partial charge in [0.1, 0.15) is 24.0 Å². The number of anilines is 1. The summed E-state index contributed by atoms with van der Waals surface area (Å²) in [6.07, 6.45) is 3.06. The molecule has 1 aromatic heterocycles. The van der Waals surface area contributed by atoms with E-state index < -0.39 is 11.7 Å². The Morgan fingerprint density at radius 1 is 1.35 bits per heavy atom. The number of carbonyl (C=O) groups excluding carboxylic acids is 1. The maximum atomic E-state index is 11.7. The number of carboxylic acid groups (broad SMARTS) is 1. The van der Waals surface area contributed by atoms with Gasteiger partial charge in [0.2, 0.25) is 5.91 Å². The lowest BCUT2D eigenvalue weighted by Gasteiger charge is -2.07. The summed E-state index contributed by atoms with van der Waals surface area (Å²) in [7, 11) is 0. The van der Waals surface area contributed by atoms with Gasteiger partial charge in [0.25, 0.3) is 0 Å². The number of nitrogens with one attached hydrogen (secondary N) is 1. The van der Waals surface area contributed by atoms with Crippen LogP contribution in [0.1, 0.15) is 16.8 Å². The number of aryl methyl sites for hydroxylation is 1. The van der Waals surface area contributed by atoms with Crippen LogP contribution in [0.5, 0.6) is 5.75 Å². The lowest BCUT2D eigenvalue weighted by Crippen LogP contribution is -2.14. The molecular weight excluding hydrogens is 264 g/mol. The Morgan fingerprint density at radius 3 is 2.75 bits per heavy atom. The van der Waals surface area contributed by atoms with E-state index >= 15 is 0 Å². The number of nitrogens with zero attached hydrogens (tertiary/aromatic N) is 3. The van der Waals surface area contributed by atoms with Gasteiger partial charge in [-0.2, -0.15) is 5.10 Å². The highest BCUT2D eigenvalue weighted by Gasteiger charge is 2.11. The molecule has 0 saturated carbocycles. The molecule has 2 aromatic rings. The monoisotopic (exact) mass is 276 g/mol. The van der Waals surface area contributed by atoms with Gasteiger partial charge >= 0.3 is 5.97 Å². The molecule has 0 spiro atoms. The summed E-state index contributed by atoms with van der Waals surface area (Å²) >= 11 is 0. The Bertz CT molecular complexity index is 624. The van der Waals surface area contributed by atoms with E-state index in [0.717, 1.165) is 0 Å². The molecule has 0 aliphatic heterocycles. The van der Waals surface area contributed by atoms with Crippen molar-refractivity contribution >= 4 is 17.6 Å². The van der Waals surface area contributed by atoms with Gasteiger partial charge in [-0.3, -0.25) is 9.48 Å². The predicted octanol–water partition coefficient (Wildman–Crippen LogP) is 0.711. The molecule has 0 bridgehead atoms. The van der Waals surface area contributed by atoms with Crippen molar-refractivity contribution in [3.8, 4) is 5.75 Å². The molecule has 0 aliphatic carbocycles. The van der Waals surface area contributed by atoms with Crippen LogP contribution in [0.2, 0.25) is 0 Å². The SMILES string of the molecule is O=C(CCn1cncn1)Nc1ccc(C(=O)O)c(O)c1. The van der Waals surface area contributed by atoms with Crippen LogP contribution >= 0.6 is 0 Å². The summed E-state index contributed by atoms with van der Waals surface area (Å²) in [4.78, 5) is 26.1. The largest absolute Gasteiger partial charge is 0.507 e. The van der Waals surface area contributed by atoms with Crippen LogP contribution in [0.15, 0.2) is 30.9 Å². The minimum Gasteiger partial charge on any atom is -0.507 e. The third-order valence-corrected chi connectivity index (χ3v) is 2.55. The molecule has 0 atom stereocenters. The molecule has 20 heavy (non-hydrogen) atoms. The third kappa shape index (κ3) is 3.31. The van der Waals surface area contributed by atoms with Crippen molar-refractivity contribution in [3.63, 3.8) is 0 Å². The average molecular weight is 276 g/mol. The highest BCUT2D eigenvalue weighted by Crippen LogP contribution is 2.21. The van der Waals surface area contributed by atoms with Gasteiger partial charge in [-0.15, -0.1) is 0 Å². The van der Waals surface area contributed by atoms with Gasteiger partial charge in [-0.25, -0.2) is 9.78 Å². The molecule has 3 N–H and O–H groups in total. The Kier molecular flexibility index (Phi) is 3.94. The second-order valence-corrected chi connectivity index (χ2v) is 3.99. The predicted molar refractivity (Wildman–Crippen MR) is 68.3 cm³/mol. The second kappa shape index (κ2) is 5.83. The number of carbonyl (C=O) groups is 2. The van der Waals surface area contributed by atoms with Crippen LogP contribution < -0.4 is 5.32 Å². The maximum absolute atomic E-state index is 11.7. The molecule has 2 rings (SSSR count). The Hall–Kier alpha value is -2.90. The van der Waals surface area contributed by atoms with Crippen LogP contribution in [-0.2, 0) is 11.3 Å². The normalized spacial score (nSPS) is 10.2. The first-order chi connectivity index (χ1) is 9.56. The van der Waals surface area contributed by atoms with E-state index in [2.05, 4.69) is 15.4 Å². The number of hydrogen-bond acceptors (Lipinski definition) is 5. The Balaban J connectivity index is 1.94. The summed E-state index contributed by atoms with van der Waals surface area (Å²) in [6.45, 7) is 0.380. The molecule has 0 unspecified atom stereocenters. The summed E-state index contributed by atoms with van der Waals surface area (Å²) in [6, 6.07) is 3.83. The van der Waals surface area contributed by atoms with Crippen molar-refractivity contribution in [1.29, 1.82) is 0 Å². The van der Waals surface area contributed by atoms with Crippen molar-refractivity contribution in [2.45, 2.75) is 13.0 Å². The number of hydrogen-bond donors (Lipinski definition) is 3. The highest BCUT2D eigenvalue weighted by atomic mass is 16.4. The quantitative estimate of drug-likeness (QED) is 0.740. The number of phenols is 1. The molecule has 104 valence electrons. The lowest BCUT2D eigenvalue weighted by molar-refractivity contribution is -0.116. The van der Waals surface area contributed by atoms with Crippen LogP contribution in [0, 0.1) is 0 Å². The fourth-order valence-corrected chi connectivity index (χ4v) is 1.58. The number of carboxylic acids is 1. The maximum Gasteiger partial charge on any atom is 0.339 e. The van der Waals surface area contributed by atoms with Crippen LogP contribution in [0.4, 0.5) is 5.69 Å². The molecule has 0 radical (unpaired) electrons. The first-order valence-corrected chi connectivity index (χ1v) is 5.75. The van der Waals surface area contributed by atoms with E-state index in [4.69, 9.17) is 5.11 Å². The van der Waals surface area contributed by atoms with Crippen molar-refractivity contribution in [1.82, 2.24) is 14.8 Å². The van der Waals surface area contributed by atoms with Gasteiger partial charge in [0.05, 0.1) is 6.54 Å². The van der Waals surface area contributed by atoms with Crippen molar-refractivity contribution in [3.05, 3.63) is 36.4 Å². The number of aromatic hydroxyl groups is 1. The number of aromatic carboxylic acids is 1. The fourth-order valence-electron chi connectivity index (χ4n) is 1.58. The first-order valence-electron chi connectivity index (χ1n) is 5.75. The molecule has 0 saturated heterocycles. The minimum atomic E-state index is -1.23. The van der Waals surface area contributed by atoms with Crippen molar-refractivity contribution in [2.75, 3.05) is 5.32 Å². The van der Waals surface area contributed by atoms with E-state index in [9.17, 15) is 14.7 Å². The van der Waals surface area contributed by atoms with Gasteiger partial charge < -0.3 is 15.5 Å². The highest BCUT2D eigenvalue weighted by molar-refractivity contribution is 5.94. The van der Waals surface area contributed by atoms with Crippen LogP contribution in [-0.4, -0.2) is 36.9 Å². The summed E-state index contributed by atoms with van der Waals surface area (Å²) in [5.74, 6) is -1.90. The van der Waals surface area contributed by atoms with Gasteiger partial charge in [0, 0.05) is 18.2 Å². The first kappa shape index (κ1) is 13.5. The number of aromatic nitrogens is 3.